The van der Waals surface area contributed by atoms with E-state index in [4.69, 9.17) is 16.6 Å². The normalized spacial score (nSPS) is 21.3. The van der Waals surface area contributed by atoms with Gasteiger partial charge >= 0.3 is 0 Å². The Hall–Kier alpha value is -1.49. The van der Waals surface area contributed by atoms with Crippen LogP contribution in [0.5, 0.6) is 0 Å². The van der Waals surface area contributed by atoms with Gasteiger partial charge in [-0.25, -0.2) is 9.97 Å². The van der Waals surface area contributed by atoms with Crippen molar-refractivity contribution in [1.82, 2.24) is 20.2 Å². The summed E-state index contributed by atoms with van der Waals surface area (Å²) in [4.78, 5) is 11.9. The molecule has 120 valence electrons. The fourth-order valence-electron chi connectivity index (χ4n) is 3.47. The van der Waals surface area contributed by atoms with Crippen molar-refractivity contribution < 1.29 is 0 Å². The van der Waals surface area contributed by atoms with E-state index in [1.54, 1.807) is 0 Å². The summed E-state index contributed by atoms with van der Waals surface area (Å²) in [6.45, 7) is 3.88. The number of nitrogens with one attached hydrogen (secondary N) is 1. The molecule has 1 saturated heterocycles. The zero-order chi connectivity index (χ0) is 15.6. The van der Waals surface area contributed by atoms with E-state index < -0.39 is 0 Å². The molecule has 0 unspecified atom stereocenters. The van der Waals surface area contributed by atoms with Gasteiger partial charge in [0.15, 0.2) is 0 Å². The van der Waals surface area contributed by atoms with E-state index in [0.717, 1.165) is 49.9 Å². The highest BCUT2D eigenvalue weighted by molar-refractivity contribution is 6.31. The maximum Gasteiger partial charge on any atom is 0.145 e. The van der Waals surface area contributed by atoms with Gasteiger partial charge in [-0.3, -0.25) is 4.90 Å². The minimum atomic E-state index is 0.349. The molecule has 0 radical (unpaired) electrons. The lowest BCUT2D eigenvalue weighted by molar-refractivity contribution is 0.242. The Kier molecular flexibility index (Phi) is 4.29. The number of hydrogen-bond donors (Lipinski definition) is 1. The first kappa shape index (κ1) is 15.1. The van der Waals surface area contributed by atoms with E-state index in [-0.39, 0.29) is 0 Å². The molecule has 2 aliphatic rings. The van der Waals surface area contributed by atoms with Crippen LogP contribution in [0.2, 0.25) is 5.02 Å². The molecule has 3 heterocycles. The molecule has 0 bridgehead atoms. The molecule has 1 atom stereocenters. The fraction of sp³-hybridized carbons (Fsp3) is 0.444. The molecule has 2 aliphatic heterocycles. The first-order valence-corrected chi connectivity index (χ1v) is 8.71. The summed E-state index contributed by atoms with van der Waals surface area (Å²) in [5, 5.41) is 4.32. The Balaban J connectivity index is 1.48. The average Bonchev–Trinajstić information content (AvgIpc) is 3.11. The Morgan fingerprint density at radius 2 is 2.22 bits per heavy atom. The molecule has 0 spiro atoms. The number of aromatic nitrogens is 2. The van der Waals surface area contributed by atoms with Gasteiger partial charge in [0, 0.05) is 48.5 Å². The Bertz CT molecular complexity index is 697. The van der Waals surface area contributed by atoms with Crippen LogP contribution in [0.1, 0.15) is 41.5 Å². The average molecular weight is 329 g/mol. The van der Waals surface area contributed by atoms with E-state index in [9.17, 15) is 0 Å². The Morgan fingerprint density at radius 3 is 3.04 bits per heavy atom. The molecule has 4 nitrogen and oxygen atoms in total. The van der Waals surface area contributed by atoms with E-state index in [2.05, 4.69) is 21.3 Å². The fourth-order valence-corrected chi connectivity index (χ4v) is 3.66. The van der Waals surface area contributed by atoms with Crippen LogP contribution in [0.25, 0.3) is 0 Å². The highest BCUT2D eigenvalue weighted by Gasteiger charge is 2.23. The predicted octanol–water partition coefficient (Wildman–Crippen LogP) is 3.11. The minimum absolute atomic E-state index is 0.349. The van der Waals surface area contributed by atoms with Crippen LogP contribution in [0.4, 0.5) is 0 Å². The highest BCUT2D eigenvalue weighted by atomic mass is 35.5. The molecular formula is C18H21ClN4. The first-order valence-electron chi connectivity index (χ1n) is 8.33. The number of halogens is 1. The number of nitrogens with zero attached hydrogens (tertiary/aromatic N) is 3. The monoisotopic (exact) mass is 328 g/mol. The zero-order valence-electron chi connectivity index (χ0n) is 13.1. The quantitative estimate of drug-likeness (QED) is 0.940. The molecule has 0 amide bonds. The third kappa shape index (κ3) is 3.25. The van der Waals surface area contributed by atoms with Crippen LogP contribution in [0.3, 0.4) is 0 Å². The largest absolute Gasteiger partial charge is 0.307 e. The van der Waals surface area contributed by atoms with Crippen LogP contribution in [-0.4, -0.2) is 28.0 Å². The summed E-state index contributed by atoms with van der Waals surface area (Å²) in [7, 11) is 0. The van der Waals surface area contributed by atoms with E-state index in [0.29, 0.717) is 6.04 Å². The number of fused-ring (bicyclic) bond motifs is 1. The molecule has 0 aliphatic carbocycles. The van der Waals surface area contributed by atoms with Crippen molar-refractivity contribution in [2.45, 2.75) is 38.4 Å². The van der Waals surface area contributed by atoms with Crippen molar-refractivity contribution in [2.75, 3.05) is 13.1 Å². The van der Waals surface area contributed by atoms with Gasteiger partial charge in [0.25, 0.3) is 0 Å². The van der Waals surface area contributed by atoms with E-state index in [1.807, 2.05) is 24.4 Å². The van der Waals surface area contributed by atoms with Gasteiger partial charge in [0.2, 0.25) is 0 Å². The highest BCUT2D eigenvalue weighted by Crippen LogP contribution is 2.25. The van der Waals surface area contributed by atoms with E-state index in [1.165, 1.54) is 23.2 Å². The number of benzene rings is 1. The van der Waals surface area contributed by atoms with Gasteiger partial charge in [-0.2, -0.15) is 0 Å². The topological polar surface area (TPSA) is 41.1 Å². The van der Waals surface area contributed by atoms with Gasteiger partial charge in [-0.05, 0) is 31.0 Å². The van der Waals surface area contributed by atoms with Crippen LogP contribution in [-0.2, 0) is 19.5 Å². The standard InChI is InChI=1S/C18H21ClN4/c19-15-5-2-1-4-13(15)11-23-9-7-16-14(12-23)10-21-18(22-16)17-6-3-8-20-17/h1-2,4-5,10,17,20H,3,6-9,11-12H2/t17-/m0/s1. The van der Waals surface area contributed by atoms with Crippen LogP contribution >= 0.6 is 11.6 Å². The summed E-state index contributed by atoms with van der Waals surface area (Å²) >= 11 is 6.28. The molecule has 0 saturated carbocycles. The summed E-state index contributed by atoms with van der Waals surface area (Å²) in [5.41, 5.74) is 3.66. The molecule has 4 rings (SSSR count). The molecule has 1 fully saturated rings. The molecule has 5 heteroatoms. The van der Waals surface area contributed by atoms with Crippen molar-refractivity contribution >= 4 is 11.6 Å². The van der Waals surface area contributed by atoms with Crippen molar-refractivity contribution in [2.24, 2.45) is 0 Å². The lowest BCUT2D eigenvalue weighted by Crippen LogP contribution is -2.31. The maximum absolute atomic E-state index is 6.28. The Morgan fingerprint density at radius 1 is 1.30 bits per heavy atom. The van der Waals surface area contributed by atoms with Gasteiger partial charge in [-0.1, -0.05) is 29.8 Å². The van der Waals surface area contributed by atoms with Crippen molar-refractivity contribution in [3.05, 3.63) is 58.1 Å². The smallest absolute Gasteiger partial charge is 0.145 e. The van der Waals surface area contributed by atoms with Gasteiger partial charge < -0.3 is 5.32 Å². The number of hydrogen-bond acceptors (Lipinski definition) is 4. The lowest BCUT2D eigenvalue weighted by atomic mass is 10.1. The third-order valence-corrected chi connectivity index (χ3v) is 5.12. The van der Waals surface area contributed by atoms with Crippen molar-refractivity contribution in [1.29, 1.82) is 0 Å². The summed E-state index contributed by atoms with van der Waals surface area (Å²) < 4.78 is 0. The maximum atomic E-state index is 6.28. The van der Waals surface area contributed by atoms with Crippen molar-refractivity contribution in [3.8, 4) is 0 Å². The van der Waals surface area contributed by atoms with Crippen LogP contribution in [0.15, 0.2) is 30.5 Å². The second-order valence-corrected chi connectivity index (χ2v) is 6.81. The lowest BCUT2D eigenvalue weighted by Gasteiger charge is -2.28. The van der Waals surface area contributed by atoms with Gasteiger partial charge in [-0.15, -0.1) is 0 Å². The second kappa shape index (κ2) is 6.56. The molecule has 23 heavy (non-hydrogen) atoms. The SMILES string of the molecule is Clc1ccccc1CN1CCc2nc([C@@H]3CCCN3)ncc2C1. The predicted molar refractivity (Wildman–Crippen MR) is 91.3 cm³/mol. The van der Waals surface area contributed by atoms with Crippen LogP contribution < -0.4 is 5.32 Å². The molecule has 2 aromatic rings. The van der Waals surface area contributed by atoms with Gasteiger partial charge in [0.05, 0.1) is 6.04 Å². The Labute approximate surface area is 141 Å². The second-order valence-electron chi connectivity index (χ2n) is 6.40. The minimum Gasteiger partial charge on any atom is -0.307 e. The zero-order valence-corrected chi connectivity index (χ0v) is 13.9. The number of rotatable bonds is 3. The molecule has 1 aromatic carbocycles. The molecular weight excluding hydrogens is 308 g/mol. The van der Waals surface area contributed by atoms with E-state index >= 15 is 0 Å². The van der Waals surface area contributed by atoms with Gasteiger partial charge in [0.1, 0.15) is 5.82 Å². The first-order chi connectivity index (χ1) is 11.3. The summed E-state index contributed by atoms with van der Waals surface area (Å²) in [5.74, 6) is 0.973. The van der Waals surface area contributed by atoms with Crippen LogP contribution in [0, 0.1) is 0 Å². The molecule has 1 N–H and O–H groups in total. The summed E-state index contributed by atoms with van der Waals surface area (Å²) in [6, 6.07) is 8.43. The third-order valence-electron chi connectivity index (χ3n) is 4.76. The molecule has 1 aromatic heterocycles. The summed E-state index contributed by atoms with van der Waals surface area (Å²) in [6.07, 6.45) is 5.38. The van der Waals surface area contributed by atoms with Crippen molar-refractivity contribution in [3.63, 3.8) is 0 Å².